The number of hydrogen-bond donors (Lipinski definition) is 2. The number of aromatic nitrogens is 1. The van der Waals surface area contributed by atoms with Crippen LogP contribution in [0.4, 0.5) is 16.5 Å². The summed E-state index contributed by atoms with van der Waals surface area (Å²) in [6.45, 7) is 1.55. The van der Waals surface area contributed by atoms with Gasteiger partial charge in [-0.2, -0.15) is 0 Å². The van der Waals surface area contributed by atoms with Crippen LogP contribution in [0.15, 0.2) is 65.0 Å². The van der Waals surface area contributed by atoms with E-state index in [-0.39, 0.29) is 16.7 Å². The molecule has 2 heterocycles. The number of nitrogens with zero attached hydrogens (tertiary/aromatic N) is 2. The number of amides is 1. The van der Waals surface area contributed by atoms with Crippen molar-refractivity contribution in [2.24, 2.45) is 5.92 Å². The zero-order valence-electron chi connectivity index (χ0n) is 16.5. The summed E-state index contributed by atoms with van der Waals surface area (Å²) in [6, 6.07) is 13.8. The molecule has 0 unspecified atom stereocenters. The number of hydrogen-bond acceptors (Lipinski definition) is 6. The Labute approximate surface area is 190 Å². The molecule has 0 aliphatic carbocycles. The second-order valence-electron chi connectivity index (χ2n) is 7.20. The van der Waals surface area contributed by atoms with Gasteiger partial charge in [0, 0.05) is 47.0 Å². The molecule has 0 bridgehead atoms. The second kappa shape index (κ2) is 9.25. The molecule has 0 radical (unpaired) electrons. The maximum Gasteiger partial charge on any atom is 0.263 e. The second-order valence-corrected chi connectivity index (χ2v) is 10.2. The number of halogens is 1. The molecular formula is C21H21ClN4O3S2. The SMILES string of the molecule is O=C(Nc1ccc(S(=O)(=O)Nc2nccs2)cc1)C1CCN(c2cccc(Cl)c2)CC1. The van der Waals surface area contributed by atoms with Gasteiger partial charge in [0.2, 0.25) is 5.91 Å². The Morgan fingerprint density at radius 2 is 1.87 bits per heavy atom. The number of piperidine rings is 1. The van der Waals surface area contributed by atoms with Crippen molar-refractivity contribution in [3.63, 3.8) is 0 Å². The largest absolute Gasteiger partial charge is 0.371 e. The van der Waals surface area contributed by atoms with Crippen LogP contribution in [0.25, 0.3) is 0 Å². The molecule has 3 aromatic rings. The molecule has 1 aliphatic heterocycles. The molecule has 1 fully saturated rings. The highest BCUT2D eigenvalue weighted by Crippen LogP contribution is 2.26. The average Bonchev–Trinajstić information content (AvgIpc) is 3.26. The van der Waals surface area contributed by atoms with Crippen molar-refractivity contribution >= 4 is 55.4 Å². The van der Waals surface area contributed by atoms with E-state index in [2.05, 4.69) is 19.9 Å². The van der Waals surface area contributed by atoms with Gasteiger partial charge in [-0.25, -0.2) is 13.4 Å². The summed E-state index contributed by atoms with van der Waals surface area (Å²) in [5, 5.41) is 5.59. The first-order valence-corrected chi connectivity index (χ1v) is 12.5. The minimum atomic E-state index is -3.71. The zero-order chi connectivity index (χ0) is 21.8. The Hall–Kier alpha value is -2.62. The summed E-state index contributed by atoms with van der Waals surface area (Å²) >= 11 is 7.28. The molecule has 4 rings (SSSR count). The van der Waals surface area contributed by atoms with Crippen LogP contribution in [0.3, 0.4) is 0 Å². The smallest absolute Gasteiger partial charge is 0.263 e. The van der Waals surface area contributed by atoms with E-state index in [1.165, 1.54) is 29.7 Å². The molecule has 7 nitrogen and oxygen atoms in total. The van der Waals surface area contributed by atoms with Gasteiger partial charge in [-0.05, 0) is 55.3 Å². The normalized spacial score (nSPS) is 14.9. The standard InChI is InChI=1S/C21H21ClN4O3S2/c22-16-2-1-3-18(14-16)26-11-8-15(9-12-26)20(27)24-17-4-6-19(7-5-17)31(28,29)25-21-23-10-13-30-21/h1-7,10,13-15H,8-9,11-12H2,(H,23,25)(H,24,27). The van der Waals surface area contributed by atoms with Crippen molar-refractivity contribution in [3.05, 3.63) is 65.1 Å². The van der Waals surface area contributed by atoms with Crippen molar-refractivity contribution in [3.8, 4) is 0 Å². The fourth-order valence-electron chi connectivity index (χ4n) is 3.48. The Morgan fingerprint density at radius 3 is 2.52 bits per heavy atom. The maximum absolute atomic E-state index is 12.7. The fraction of sp³-hybridized carbons (Fsp3) is 0.238. The van der Waals surface area contributed by atoms with E-state index in [1.54, 1.807) is 17.5 Å². The Bertz CT molecular complexity index is 1140. The van der Waals surface area contributed by atoms with Crippen LogP contribution in [-0.4, -0.2) is 32.4 Å². The lowest BCUT2D eigenvalue weighted by Crippen LogP contribution is -2.38. The molecule has 2 aromatic carbocycles. The van der Waals surface area contributed by atoms with Crippen LogP contribution >= 0.6 is 22.9 Å². The van der Waals surface area contributed by atoms with E-state index in [0.29, 0.717) is 15.8 Å². The molecule has 1 aliphatic rings. The quantitative estimate of drug-likeness (QED) is 0.548. The van der Waals surface area contributed by atoms with Crippen LogP contribution in [0, 0.1) is 5.92 Å². The fourth-order valence-corrected chi connectivity index (χ4v) is 5.46. The predicted octanol–water partition coefficient (Wildman–Crippen LogP) is 4.45. The monoisotopic (exact) mass is 476 g/mol. The van der Waals surface area contributed by atoms with E-state index in [4.69, 9.17) is 11.6 Å². The summed E-state index contributed by atoms with van der Waals surface area (Å²) in [5.74, 6) is -0.146. The molecule has 0 spiro atoms. The first-order chi connectivity index (χ1) is 14.9. The number of benzene rings is 2. The zero-order valence-corrected chi connectivity index (χ0v) is 18.9. The molecule has 10 heteroatoms. The van der Waals surface area contributed by atoms with Gasteiger partial charge in [0.25, 0.3) is 10.0 Å². The predicted molar refractivity (Wildman–Crippen MR) is 124 cm³/mol. The summed E-state index contributed by atoms with van der Waals surface area (Å²) in [6.07, 6.45) is 3.01. The van der Waals surface area contributed by atoms with Crippen molar-refractivity contribution < 1.29 is 13.2 Å². The van der Waals surface area contributed by atoms with E-state index < -0.39 is 10.0 Å². The number of carbonyl (C=O) groups excluding carboxylic acids is 1. The Kier molecular flexibility index (Phi) is 6.45. The number of rotatable bonds is 6. The molecule has 1 saturated heterocycles. The molecule has 1 amide bonds. The third kappa shape index (κ3) is 5.36. The first kappa shape index (κ1) is 21.6. The van der Waals surface area contributed by atoms with Crippen molar-refractivity contribution in [1.29, 1.82) is 0 Å². The topological polar surface area (TPSA) is 91.4 Å². The van der Waals surface area contributed by atoms with Crippen LogP contribution in [-0.2, 0) is 14.8 Å². The van der Waals surface area contributed by atoms with E-state index >= 15 is 0 Å². The van der Waals surface area contributed by atoms with Gasteiger partial charge < -0.3 is 10.2 Å². The minimum absolute atomic E-state index is 0.0535. The third-order valence-electron chi connectivity index (χ3n) is 5.13. The van der Waals surface area contributed by atoms with Gasteiger partial charge >= 0.3 is 0 Å². The lowest BCUT2D eigenvalue weighted by atomic mass is 9.95. The van der Waals surface area contributed by atoms with Gasteiger partial charge in [0.15, 0.2) is 5.13 Å². The molecular weight excluding hydrogens is 456 g/mol. The minimum Gasteiger partial charge on any atom is -0.371 e. The van der Waals surface area contributed by atoms with Gasteiger partial charge in [0.1, 0.15) is 0 Å². The van der Waals surface area contributed by atoms with Crippen molar-refractivity contribution in [2.75, 3.05) is 28.0 Å². The molecule has 2 N–H and O–H groups in total. The van der Waals surface area contributed by atoms with Gasteiger partial charge in [-0.3, -0.25) is 9.52 Å². The van der Waals surface area contributed by atoms with Crippen molar-refractivity contribution in [1.82, 2.24) is 4.98 Å². The van der Waals surface area contributed by atoms with Gasteiger partial charge in [0.05, 0.1) is 4.90 Å². The Balaban J connectivity index is 1.33. The maximum atomic E-state index is 12.7. The summed E-state index contributed by atoms with van der Waals surface area (Å²) in [4.78, 5) is 18.9. The van der Waals surface area contributed by atoms with Crippen LogP contribution in [0.5, 0.6) is 0 Å². The summed E-state index contributed by atoms with van der Waals surface area (Å²) < 4.78 is 27.2. The summed E-state index contributed by atoms with van der Waals surface area (Å²) in [7, 11) is -3.71. The number of carbonyl (C=O) groups is 1. The Morgan fingerprint density at radius 1 is 1.13 bits per heavy atom. The molecule has 162 valence electrons. The highest BCUT2D eigenvalue weighted by molar-refractivity contribution is 7.93. The lowest BCUT2D eigenvalue weighted by Gasteiger charge is -2.33. The highest BCUT2D eigenvalue weighted by Gasteiger charge is 2.25. The van der Waals surface area contributed by atoms with Gasteiger partial charge in [-0.15, -0.1) is 11.3 Å². The van der Waals surface area contributed by atoms with E-state index in [9.17, 15) is 13.2 Å². The first-order valence-electron chi connectivity index (χ1n) is 9.74. The van der Waals surface area contributed by atoms with Gasteiger partial charge in [-0.1, -0.05) is 17.7 Å². The number of anilines is 3. The van der Waals surface area contributed by atoms with E-state index in [0.717, 1.165) is 31.6 Å². The van der Waals surface area contributed by atoms with Crippen LogP contribution < -0.4 is 14.9 Å². The average molecular weight is 477 g/mol. The molecule has 31 heavy (non-hydrogen) atoms. The van der Waals surface area contributed by atoms with Crippen LogP contribution in [0.2, 0.25) is 5.02 Å². The van der Waals surface area contributed by atoms with Crippen LogP contribution in [0.1, 0.15) is 12.8 Å². The summed E-state index contributed by atoms with van der Waals surface area (Å²) in [5.41, 5.74) is 1.63. The lowest BCUT2D eigenvalue weighted by molar-refractivity contribution is -0.120. The number of nitrogens with one attached hydrogen (secondary N) is 2. The van der Waals surface area contributed by atoms with E-state index in [1.807, 2.05) is 24.3 Å². The third-order valence-corrected chi connectivity index (χ3v) is 7.53. The molecule has 1 aromatic heterocycles. The molecule has 0 atom stereocenters. The number of sulfonamides is 1. The number of thiazole rings is 1. The molecule has 0 saturated carbocycles. The highest BCUT2D eigenvalue weighted by atomic mass is 35.5. The van der Waals surface area contributed by atoms with Crippen molar-refractivity contribution in [2.45, 2.75) is 17.7 Å².